The van der Waals surface area contributed by atoms with Crippen LogP contribution in [0.15, 0.2) is 18.2 Å². The van der Waals surface area contributed by atoms with Crippen LogP contribution in [0.25, 0.3) is 0 Å². The Labute approximate surface area is 74.2 Å². The lowest BCUT2D eigenvalue weighted by molar-refractivity contribution is -0.139. The molecule has 0 saturated heterocycles. The topological polar surface area (TPSA) is 49.3 Å². The van der Waals surface area contributed by atoms with Crippen LogP contribution in [0.1, 0.15) is 17.2 Å². The number of halogens is 1. The van der Waals surface area contributed by atoms with Crippen molar-refractivity contribution in [1.82, 2.24) is 5.32 Å². The average molecular weight is 181 g/mol. The molecule has 0 bridgehead atoms. The third-order valence-corrected chi connectivity index (χ3v) is 2.16. The van der Waals surface area contributed by atoms with Crippen molar-refractivity contribution < 1.29 is 14.3 Å². The highest BCUT2D eigenvalue weighted by molar-refractivity contribution is 5.77. The summed E-state index contributed by atoms with van der Waals surface area (Å²) in [7, 11) is 0. The predicted octanol–water partition coefficient (Wildman–Crippen LogP) is 1.05. The number of aliphatic carboxylic acids is 1. The van der Waals surface area contributed by atoms with Gasteiger partial charge in [0.15, 0.2) is 0 Å². The maximum atomic E-state index is 12.8. The lowest BCUT2D eigenvalue weighted by Crippen LogP contribution is -2.21. The monoisotopic (exact) mass is 181 g/mol. The number of carboxylic acid groups (broad SMARTS) is 1. The molecule has 2 N–H and O–H groups in total. The Morgan fingerprint density at radius 3 is 3.08 bits per heavy atom. The summed E-state index contributed by atoms with van der Waals surface area (Å²) < 4.78 is 12.8. The van der Waals surface area contributed by atoms with Crippen LogP contribution in [0.2, 0.25) is 0 Å². The molecule has 0 radical (unpaired) electrons. The number of benzene rings is 1. The molecule has 2 rings (SSSR count). The number of carbonyl (C=O) groups is 1. The van der Waals surface area contributed by atoms with Gasteiger partial charge in [-0.2, -0.15) is 0 Å². The van der Waals surface area contributed by atoms with Crippen LogP contribution in [0, 0.1) is 5.82 Å². The summed E-state index contributed by atoms with van der Waals surface area (Å²) in [5, 5.41) is 11.5. The summed E-state index contributed by atoms with van der Waals surface area (Å²) >= 11 is 0. The van der Waals surface area contributed by atoms with Crippen LogP contribution in [0.5, 0.6) is 0 Å². The molecule has 3 nitrogen and oxygen atoms in total. The third kappa shape index (κ3) is 1.29. The highest BCUT2D eigenvalue weighted by atomic mass is 19.1. The zero-order valence-corrected chi connectivity index (χ0v) is 6.75. The summed E-state index contributed by atoms with van der Waals surface area (Å²) in [6.07, 6.45) is 0. The van der Waals surface area contributed by atoms with E-state index in [9.17, 15) is 9.18 Å². The maximum absolute atomic E-state index is 12.8. The van der Waals surface area contributed by atoms with Crippen LogP contribution >= 0.6 is 0 Å². The van der Waals surface area contributed by atoms with Crippen molar-refractivity contribution in [2.75, 3.05) is 0 Å². The van der Waals surface area contributed by atoms with Gasteiger partial charge in [0.2, 0.25) is 0 Å². The smallest absolute Gasteiger partial charge is 0.325 e. The van der Waals surface area contributed by atoms with E-state index in [1.807, 2.05) is 0 Å². The Balaban J connectivity index is 2.46. The summed E-state index contributed by atoms with van der Waals surface area (Å²) in [5.41, 5.74) is 1.39. The Morgan fingerprint density at radius 1 is 1.62 bits per heavy atom. The Bertz CT molecular complexity index is 365. The van der Waals surface area contributed by atoms with Crippen LogP contribution < -0.4 is 5.32 Å². The van der Waals surface area contributed by atoms with E-state index in [1.54, 1.807) is 6.07 Å². The molecule has 0 aromatic heterocycles. The molecular weight excluding hydrogens is 173 g/mol. The molecule has 1 heterocycles. The van der Waals surface area contributed by atoms with E-state index in [1.165, 1.54) is 12.1 Å². The zero-order chi connectivity index (χ0) is 9.42. The van der Waals surface area contributed by atoms with E-state index in [4.69, 9.17) is 5.11 Å². The van der Waals surface area contributed by atoms with Gasteiger partial charge < -0.3 is 5.11 Å². The number of hydrogen-bond acceptors (Lipinski definition) is 2. The molecule has 0 saturated carbocycles. The molecule has 0 amide bonds. The quantitative estimate of drug-likeness (QED) is 0.680. The summed E-state index contributed by atoms with van der Waals surface area (Å²) in [4.78, 5) is 10.7. The minimum absolute atomic E-state index is 0.395. The van der Waals surface area contributed by atoms with Crippen molar-refractivity contribution in [3.8, 4) is 0 Å². The number of carboxylic acids is 1. The van der Waals surface area contributed by atoms with Crippen molar-refractivity contribution in [2.45, 2.75) is 12.6 Å². The van der Waals surface area contributed by atoms with Gasteiger partial charge in [-0.05, 0) is 23.3 Å². The van der Waals surface area contributed by atoms with Gasteiger partial charge in [0.25, 0.3) is 0 Å². The first-order chi connectivity index (χ1) is 6.18. The van der Waals surface area contributed by atoms with Crippen molar-refractivity contribution in [3.63, 3.8) is 0 Å². The van der Waals surface area contributed by atoms with Crippen molar-refractivity contribution in [3.05, 3.63) is 35.1 Å². The maximum Gasteiger partial charge on any atom is 0.325 e. The fraction of sp³-hybridized carbons (Fsp3) is 0.222. The van der Waals surface area contributed by atoms with Gasteiger partial charge in [-0.1, -0.05) is 6.07 Å². The summed E-state index contributed by atoms with van der Waals surface area (Å²) in [5.74, 6) is -1.36. The standard InChI is InChI=1S/C9H8FNO2/c10-6-2-1-5-4-11-8(9(12)13)7(5)3-6/h1-3,8,11H,4H2,(H,12,13). The zero-order valence-electron chi connectivity index (χ0n) is 6.75. The molecule has 1 aromatic carbocycles. The normalized spacial score (nSPS) is 19.9. The van der Waals surface area contributed by atoms with E-state index in [0.29, 0.717) is 12.1 Å². The Morgan fingerprint density at radius 2 is 2.38 bits per heavy atom. The first kappa shape index (κ1) is 8.19. The number of rotatable bonds is 1. The molecule has 0 aliphatic carbocycles. The van der Waals surface area contributed by atoms with E-state index in [-0.39, 0.29) is 0 Å². The molecule has 1 aliphatic rings. The van der Waals surface area contributed by atoms with Gasteiger partial charge >= 0.3 is 5.97 Å². The fourth-order valence-electron chi connectivity index (χ4n) is 1.54. The van der Waals surface area contributed by atoms with Gasteiger partial charge in [-0.3, -0.25) is 10.1 Å². The predicted molar refractivity (Wildman–Crippen MR) is 43.6 cm³/mol. The highest BCUT2D eigenvalue weighted by Gasteiger charge is 2.27. The molecule has 4 heteroatoms. The lowest BCUT2D eigenvalue weighted by Gasteiger charge is -2.04. The molecule has 1 aromatic rings. The molecule has 1 aliphatic heterocycles. The summed E-state index contributed by atoms with van der Waals surface area (Å²) in [6, 6.07) is 3.46. The van der Waals surface area contributed by atoms with E-state index in [2.05, 4.69) is 5.32 Å². The van der Waals surface area contributed by atoms with Crippen molar-refractivity contribution in [1.29, 1.82) is 0 Å². The number of hydrogen-bond donors (Lipinski definition) is 2. The van der Waals surface area contributed by atoms with Crippen LogP contribution in [0.3, 0.4) is 0 Å². The molecule has 0 fully saturated rings. The molecule has 1 unspecified atom stereocenters. The van der Waals surface area contributed by atoms with Crippen molar-refractivity contribution in [2.24, 2.45) is 0 Å². The fourth-order valence-corrected chi connectivity index (χ4v) is 1.54. The van der Waals surface area contributed by atoms with Gasteiger partial charge in [0.05, 0.1) is 0 Å². The lowest BCUT2D eigenvalue weighted by atomic mass is 10.1. The average Bonchev–Trinajstić information content (AvgIpc) is 2.46. The minimum Gasteiger partial charge on any atom is -0.480 e. The van der Waals surface area contributed by atoms with Gasteiger partial charge in [-0.15, -0.1) is 0 Å². The van der Waals surface area contributed by atoms with E-state index in [0.717, 1.165) is 5.56 Å². The van der Waals surface area contributed by atoms with Crippen LogP contribution in [-0.4, -0.2) is 11.1 Å². The first-order valence-corrected chi connectivity index (χ1v) is 3.93. The van der Waals surface area contributed by atoms with Gasteiger partial charge in [-0.25, -0.2) is 4.39 Å². The SMILES string of the molecule is O=C(O)C1NCc2ccc(F)cc21. The van der Waals surface area contributed by atoms with Crippen LogP contribution in [0.4, 0.5) is 4.39 Å². The Kier molecular flexibility index (Phi) is 1.77. The summed E-state index contributed by atoms with van der Waals surface area (Å²) in [6.45, 7) is 0.493. The molecule has 1 atom stereocenters. The van der Waals surface area contributed by atoms with E-state index >= 15 is 0 Å². The number of nitrogens with one attached hydrogen (secondary N) is 1. The molecule has 68 valence electrons. The second-order valence-electron chi connectivity index (χ2n) is 3.00. The molecule has 13 heavy (non-hydrogen) atoms. The van der Waals surface area contributed by atoms with E-state index < -0.39 is 17.8 Å². The minimum atomic E-state index is -0.968. The molecular formula is C9H8FNO2. The van der Waals surface area contributed by atoms with Crippen molar-refractivity contribution >= 4 is 5.97 Å². The molecule has 0 spiro atoms. The second-order valence-corrected chi connectivity index (χ2v) is 3.00. The second kappa shape index (κ2) is 2.81. The first-order valence-electron chi connectivity index (χ1n) is 3.93. The van der Waals surface area contributed by atoms with Crippen LogP contribution in [-0.2, 0) is 11.3 Å². The highest BCUT2D eigenvalue weighted by Crippen LogP contribution is 2.25. The third-order valence-electron chi connectivity index (χ3n) is 2.16. The largest absolute Gasteiger partial charge is 0.480 e. The van der Waals surface area contributed by atoms with Gasteiger partial charge in [0.1, 0.15) is 11.9 Å². The van der Waals surface area contributed by atoms with Gasteiger partial charge in [0, 0.05) is 6.54 Å². The number of fused-ring (bicyclic) bond motifs is 1. The Hall–Kier alpha value is -1.42.